The maximum atomic E-state index is 12.7. The summed E-state index contributed by atoms with van der Waals surface area (Å²) >= 11 is 3.09. The van der Waals surface area contributed by atoms with Crippen LogP contribution in [0.5, 0.6) is 0 Å². The van der Waals surface area contributed by atoms with E-state index in [0.717, 1.165) is 34.2 Å². The molecule has 1 N–H and O–H groups in total. The molecule has 28 heavy (non-hydrogen) atoms. The molecule has 3 aromatic heterocycles. The lowest BCUT2D eigenvalue weighted by Crippen LogP contribution is -2.40. The van der Waals surface area contributed by atoms with Crippen molar-refractivity contribution in [1.82, 2.24) is 9.88 Å². The average Bonchev–Trinajstić information content (AvgIpc) is 3.35. The number of thiophene rings is 2. The molecule has 1 aliphatic rings. The monoisotopic (exact) mass is 413 g/mol. The first-order valence-corrected chi connectivity index (χ1v) is 11.0. The van der Waals surface area contributed by atoms with Crippen molar-refractivity contribution in [3.8, 4) is 0 Å². The van der Waals surface area contributed by atoms with Gasteiger partial charge in [-0.1, -0.05) is 12.1 Å². The summed E-state index contributed by atoms with van der Waals surface area (Å²) in [6, 6.07) is 9.77. The normalized spacial score (nSPS) is 16.1. The molecule has 7 heteroatoms. The van der Waals surface area contributed by atoms with Gasteiger partial charge < -0.3 is 10.1 Å². The number of pyridine rings is 1. The van der Waals surface area contributed by atoms with E-state index in [0.29, 0.717) is 13.2 Å². The molecule has 0 radical (unpaired) electrons. The van der Waals surface area contributed by atoms with Crippen LogP contribution in [0.15, 0.2) is 41.9 Å². The van der Waals surface area contributed by atoms with Crippen LogP contribution in [0, 0.1) is 13.8 Å². The Labute approximate surface area is 173 Å². The van der Waals surface area contributed by atoms with Gasteiger partial charge in [-0.25, -0.2) is 0 Å². The van der Waals surface area contributed by atoms with Crippen molar-refractivity contribution >= 4 is 33.6 Å². The van der Waals surface area contributed by atoms with E-state index in [-0.39, 0.29) is 11.9 Å². The summed E-state index contributed by atoms with van der Waals surface area (Å²) in [6.07, 6.45) is 1.83. The number of nitrogens with zero attached hydrogens (tertiary/aromatic N) is 2. The van der Waals surface area contributed by atoms with Crippen molar-refractivity contribution < 1.29 is 9.53 Å². The van der Waals surface area contributed by atoms with Crippen molar-refractivity contribution in [2.24, 2.45) is 0 Å². The van der Waals surface area contributed by atoms with Crippen LogP contribution in [0.25, 0.3) is 0 Å². The van der Waals surface area contributed by atoms with Crippen LogP contribution in [0.1, 0.15) is 37.4 Å². The van der Waals surface area contributed by atoms with Gasteiger partial charge in [-0.2, -0.15) is 0 Å². The zero-order valence-electron chi connectivity index (χ0n) is 16.0. The summed E-state index contributed by atoms with van der Waals surface area (Å²) in [6.45, 7) is 7.35. The minimum atomic E-state index is -0.0563. The lowest BCUT2D eigenvalue weighted by molar-refractivity contribution is 0.0233. The maximum Gasteiger partial charge on any atom is 0.266 e. The molecular formula is C21H23N3O2S2. The standard InChI is InChI=1S/C21H23N3O2S2/c1-14-15(2)28-21(23-20(25)17-7-5-13-27-17)18(14)19(16-6-3-4-8-22-16)24-9-11-26-12-10-24/h3-8,13,19H,9-12H2,1-2H3,(H,23,25)/t19-/m1/s1. The van der Waals surface area contributed by atoms with Crippen molar-refractivity contribution in [3.63, 3.8) is 0 Å². The summed E-state index contributed by atoms with van der Waals surface area (Å²) < 4.78 is 5.57. The van der Waals surface area contributed by atoms with Crippen LogP contribution in [-0.2, 0) is 4.74 Å². The van der Waals surface area contributed by atoms with E-state index in [1.807, 2.05) is 35.8 Å². The van der Waals surface area contributed by atoms with Crippen LogP contribution in [-0.4, -0.2) is 42.1 Å². The number of anilines is 1. The fraction of sp³-hybridized carbons (Fsp3) is 0.333. The molecular weight excluding hydrogens is 390 g/mol. The second kappa shape index (κ2) is 8.53. The molecule has 1 aliphatic heterocycles. The van der Waals surface area contributed by atoms with Crippen LogP contribution < -0.4 is 5.32 Å². The van der Waals surface area contributed by atoms with Crippen LogP contribution in [0.2, 0.25) is 0 Å². The van der Waals surface area contributed by atoms with Gasteiger partial charge in [-0.15, -0.1) is 22.7 Å². The molecule has 1 saturated heterocycles. The predicted molar refractivity (Wildman–Crippen MR) is 115 cm³/mol. The van der Waals surface area contributed by atoms with E-state index < -0.39 is 0 Å². The molecule has 4 heterocycles. The van der Waals surface area contributed by atoms with E-state index in [1.165, 1.54) is 21.8 Å². The van der Waals surface area contributed by atoms with Gasteiger partial charge in [0.15, 0.2) is 0 Å². The number of amides is 1. The van der Waals surface area contributed by atoms with Crippen LogP contribution in [0.4, 0.5) is 5.00 Å². The molecule has 1 fully saturated rings. The third-order valence-electron chi connectivity index (χ3n) is 5.06. The summed E-state index contributed by atoms with van der Waals surface area (Å²) in [5, 5.41) is 6.00. The smallest absolute Gasteiger partial charge is 0.266 e. The van der Waals surface area contributed by atoms with Crippen molar-refractivity contribution in [2.45, 2.75) is 19.9 Å². The third kappa shape index (κ3) is 3.89. The van der Waals surface area contributed by atoms with E-state index in [9.17, 15) is 4.79 Å². The minimum Gasteiger partial charge on any atom is -0.379 e. The summed E-state index contributed by atoms with van der Waals surface area (Å²) in [5.74, 6) is -0.0563. The first kappa shape index (κ1) is 19.3. The lowest BCUT2D eigenvalue weighted by Gasteiger charge is -2.35. The molecule has 4 rings (SSSR count). The Morgan fingerprint density at radius 1 is 1.21 bits per heavy atom. The zero-order valence-corrected chi connectivity index (χ0v) is 17.6. The van der Waals surface area contributed by atoms with Crippen molar-refractivity contribution in [1.29, 1.82) is 0 Å². The largest absolute Gasteiger partial charge is 0.379 e. The van der Waals surface area contributed by atoms with Crippen molar-refractivity contribution in [2.75, 3.05) is 31.6 Å². The van der Waals surface area contributed by atoms with Gasteiger partial charge in [-0.05, 0) is 43.0 Å². The third-order valence-corrected chi connectivity index (χ3v) is 7.06. The Bertz CT molecular complexity index is 932. The van der Waals surface area contributed by atoms with Gasteiger partial charge >= 0.3 is 0 Å². The van der Waals surface area contributed by atoms with Gasteiger partial charge in [-0.3, -0.25) is 14.7 Å². The molecule has 1 amide bonds. The first-order valence-electron chi connectivity index (χ1n) is 9.32. The molecule has 0 spiro atoms. The highest BCUT2D eigenvalue weighted by Gasteiger charge is 2.31. The Hall–Kier alpha value is -2.06. The number of carbonyl (C=O) groups is 1. The fourth-order valence-corrected chi connectivity index (χ4v) is 5.24. The number of morpholine rings is 1. The predicted octanol–water partition coefficient (Wildman–Crippen LogP) is 4.50. The molecule has 0 unspecified atom stereocenters. The Morgan fingerprint density at radius 2 is 2.04 bits per heavy atom. The summed E-state index contributed by atoms with van der Waals surface area (Å²) in [7, 11) is 0. The quantitative estimate of drug-likeness (QED) is 0.669. The number of hydrogen-bond acceptors (Lipinski definition) is 6. The SMILES string of the molecule is Cc1sc(NC(=O)c2cccs2)c([C@@H](c2ccccn2)N2CCOCC2)c1C. The molecule has 0 aromatic carbocycles. The highest BCUT2D eigenvalue weighted by atomic mass is 32.1. The van der Waals surface area contributed by atoms with Gasteiger partial charge in [0, 0.05) is 29.7 Å². The second-order valence-electron chi connectivity index (χ2n) is 6.76. The van der Waals surface area contributed by atoms with Gasteiger partial charge in [0.2, 0.25) is 0 Å². The topological polar surface area (TPSA) is 54.5 Å². The molecule has 1 atom stereocenters. The van der Waals surface area contributed by atoms with Crippen molar-refractivity contribution in [3.05, 3.63) is 68.5 Å². The molecule has 0 aliphatic carbocycles. The van der Waals surface area contributed by atoms with E-state index in [1.54, 1.807) is 11.3 Å². The number of aromatic nitrogens is 1. The number of aryl methyl sites for hydroxylation is 1. The minimum absolute atomic E-state index is 0.00585. The Morgan fingerprint density at radius 3 is 2.71 bits per heavy atom. The van der Waals surface area contributed by atoms with E-state index in [2.05, 4.69) is 35.1 Å². The number of hydrogen-bond donors (Lipinski definition) is 1. The number of carbonyl (C=O) groups excluding carboxylic acids is 1. The highest BCUT2D eigenvalue weighted by Crippen LogP contribution is 2.42. The van der Waals surface area contributed by atoms with Crippen LogP contribution >= 0.6 is 22.7 Å². The van der Waals surface area contributed by atoms with Gasteiger partial charge in [0.05, 0.1) is 29.8 Å². The van der Waals surface area contributed by atoms with Crippen LogP contribution in [0.3, 0.4) is 0 Å². The van der Waals surface area contributed by atoms with E-state index >= 15 is 0 Å². The Kier molecular flexibility index (Phi) is 5.87. The second-order valence-corrected chi connectivity index (χ2v) is 8.94. The molecule has 146 valence electrons. The zero-order chi connectivity index (χ0) is 19.5. The number of nitrogens with one attached hydrogen (secondary N) is 1. The lowest BCUT2D eigenvalue weighted by atomic mass is 9.98. The summed E-state index contributed by atoms with van der Waals surface area (Å²) in [4.78, 5) is 21.7. The molecule has 3 aromatic rings. The first-order chi connectivity index (χ1) is 13.6. The molecule has 5 nitrogen and oxygen atoms in total. The molecule has 0 bridgehead atoms. The average molecular weight is 414 g/mol. The highest BCUT2D eigenvalue weighted by molar-refractivity contribution is 7.17. The van der Waals surface area contributed by atoms with E-state index in [4.69, 9.17) is 4.74 Å². The number of rotatable bonds is 5. The maximum absolute atomic E-state index is 12.7. The van der Waals surface area contributed by atoms with Gasteiger partial charge in [0.1, 0.15) is 5.00 Å². The number of ether oxygens (including phenoxy) is 1. The molecule has 0 saturated carbocycles. The fourth-order valence-electron chi connectivity index (χ4n) is 3.53. The Balaban J connectivity index is 1.76. The summed E-state index contributed by atoms with van der Waals surface area (Å²) in [5.41, 5.74) is 3.36. The van der Waals surface area contributed by atoms with Gasteiger partial charge in [0.25, 0.3) is 5.91 Å².